The van der Waals surface area contributed by atoms with Gasteiger partial charge in [-0.25, -0.2) is 0 Å². The van der Waals surface area contributed by atoms with Crippen molar-refractivity contribution in [1.82, 2.24) is 0 Å². The SMILES string of the molecule is N#CC(Cl)(CCl)C(F)(F)F. The highest BCUT2D eigenvalue weighted by atomic mass is 35.5. The van der Waals surface area contributed by atoms with E-state index in [-0.39, 0.29) is 0 Å². The second-order valence-electron chi connectivity index (χ2n) is 1.54. The molecule has 0 spiro atoms. The summed E-state index contributed by atoms with van der Waals surface area (Å²) < 4.78 is 35.0. The highest BCUT2D eigenvalue weighted by molar-refractivity contribution is 6.32. The van der Waals surface area contributed by atoms with Gasteiger partial charge in [-0.2, -0.15) is 18.4 Å². The van der Waals surface area contributed by atoms with E-state index in [0.717, 1.165) is 6.07 Å². The molecule has 1 nitrogen and oxygen atoms in total. The molecule has 0 aliphatic heterocycles. The first kappa shape index (κ1) is 9.86. The Balaban J connectivity index is 4.54. The van der Waals surface area contributed by atoms with Crippen LogP contribution in [0.2, 0.25) is 0 Å². The molecule has 1 atom stereocenters. The minimum Gasteiger partial charge on any atom is -0.196 e. The Hall–Kier alpha value is -0.140. The zero-order valence-corrected chi connectivity index (χ0v) is 6.06. The van der Waals surface area contributed by atoms with Crippen LogP contribution in [0.4, 0.5) is 13.2 Å². The third-order valence-corrected chi connectivity index (χ3v) is 1.78. The molecule has 0 aromatic heterocycles. The van der Waals surface area contributed by atoms with E-state index in [1.165, 1.54) is 0 Å². The average Bonchev–Trinajstić information content (AvgIpc) is 1.84. The van der Waals surface area contributed by atoms with Crippen LogP contribution in [0.5, 0.6) is 0 Å². The Morgan fingerprint density at radius 1 is 1.40 bits per heavy atom. The maximum Gasteiger partial charge on any atom is 0.422 e. The lowest BCUT2D eigenvalue weighted by Crippen LogP contribution is -2.39. The molecule has 58 valence electrons. The van der Waals surface area contributed by atoms with Crippen molar-refractivity contribution >= 4 is 23.2 Å². The Labute approximate surface area is 65.3 Å². The lowest BCUT2D eigenvalue weighted by Gasteiger charge is -2.18. The third-order valence-electron chi connectivity index (χ3n) is 0.811. The Morgan fingerprint density at radius 2 is 1.80 bits per heavy atom. The number of rotatable bonds is 1. The summed E-state index contributed by atoms with van der Waals surface area (Å²) >= 11 is 9.59. The van der Waals surface area contributed by atoms with Gasteiger partial charge in [-0.1, -0.05) is 11.6 Å². The van der Waals surface area contributed by atoms with Gasteiger partial charge in [0, 0.05) is 0 Å². The Bertz CT molecular complexity index is 161. The van der Waals surface area contributed by atoms with Crippen molar-refractivity contribution in [3.05, 3.63) is 0 Å². The predicted molar refractivity (Wildman–Crippen MR) is 31.0 cm³/mol. The maximum absolute atomic E-state index is 11.7. The number of alkyl halides is 5. The van der Waals surface area contributed by atoms with Crippen LogP contribution in [0, 0.1) is 11.3 Å². The molecule has 0 aromatic rings. The van der Waals surface area contributed by atoms with Crippen LogP contribution in [0.3, 0.4) is 0 Å². The van der Waals surface area contributed by atoms with Crippen LogP contribution in [-0.4, -0.2) is 16.9 Å². The largest absolute Gasteiger partial charge is 0.422 e. The first-order valence-corrected chi connectivity index (χ1v) is 3.01. The van der Waals surface area contributed by atoms with Crippen LogP contribution in [0.1, 0.15) is 0 Å². The molecule has 6 heteroatoms. The van der Waals surface area contributed by atoms with Crippen LogP contribution < -0.4 is 0 Å². The van der Waals surface area contributed by atoms with Gasteiger partial charge >= 0.3 is 6.18 Å². The van der Waals surface area contributed by atoms with Gasteiger partial charge in [-0.3, -0.25) is 0 Å². The van der Waals surface area contributed by atoms with Gasteiger partial charge in [-0.05, 0) is 0 Å². The zero-order valence-electron chi connectivity index (χ0n) is 4.54. The number of nitrogens with zero attached hydrogens (tertiary/aromatic N) is 1. The lowest BCUT2D eigenvalue weighted by atomic mass is 10.2. The topological polar surface area (TPSA) is 23.8 Å². The summed E-state index contributed by atoms with van der Waals surface area (Å²) in [6.07, 6.45) is -4.77. The van der Waals surface area contributed by atoms with Gasteiger partial charge in [0.25, 0.3) is 0 Å². The Kier molecular flexibility index (Phi) is 2.81. The summed E-state index contributed by atoms with van der Waals surface area (Å²) in [5.41, 5.74) is 0. The lowest BCUT2D eigenvalue weighted by molar-refractivity contribution is -0.143. The molecule has 0 aromatic carbocycles. The van der Waals surface area contributed by atoms with Gasteiger partial charge in [-0.15, -0.1) is 11.6 Å². The van der Waals surface area contributed by atoms with Crippen molar-refractivity contribution in [3.8, 4) is 6.07 Å². The van der Waals surface area contributed by atoms with Gasteiger partial charge in [0.1, 0.15) is 0 Å². The zero-order chi connectivity index (χ0) is 8.41. The molecule has 0 rings (SSSR count). The van der Waals surface area contributed by atoms with Crippen molar-refractivity contribution in [2.24, 2.45) is 0 Å². The van der Waals surface area contributed by atoms with Crippen LogP contribution in [0.15, 0.2) is 0 Å². The quantitative estimate of drug-likeness (QED) is 0.584. The summed E-state index contributed by atoms with van der Waals surface area (Å²) in [6, 6.07) is 0.877. The molecule has 0 saturated carbocycles. The van der Waals surface area contributed by atoms with E-state index in [1.54, 1.807) is 0 Å². The number of hydrogen-bond donors (Lipinski definition) is 0. The summed E-state index contributed by atoms with van der Waals surface area (Å²) in [5, 5.41) is 7.93. The minimum absolute atomic E-state index is 0.877. The predicted octanol–water partition coefficient (Wildman–Crippen LogP) is 2.29. The maximum atomic E-state index is 11.7. The molecule has 0 radical (unpaired) electrons. The number of halogens is 5. The summed E-state index contributed by atoms with van der Waals surface area (Å²) in [6.45, 7) is 0. The Morgan fingerprint density at radius 3 is 1.80 bits per heavy atom. The van der Waals surface area contributed by atoms with E-state index in [4.69, 9.17) is 28.5 Å². The molecule has 1 unspecified atom stereocenters. The van der Waals surface area contributed by atoms with Crippen molar-refractivity contribution < 1.29 is 13.2 Å². The van der Waals surface area contributed by atoms with E-state index in [2.05, 4.69) is 0 Å². The first-order chi connectivity index (χ1) is 4.37. The number of hydrogen-bond acceptors (Lipinski definition) is 1. The molecule has 0 saturated heterocycles. The van der Waals surface area contributed by atoms with Crippen LogP contribution in [0.25, 0.3) is 0 Å². The smallest absolute Gasteiger partial charge is 0.196 e. The van der Waals surface area contributed by atoms with E-state index in [9.17, 15) is 13.2 Å². The molecular weight excluding hydrogens is 190 g/mol. The highest BCUT2D eigenvalue weighted by Gasteiger charge is 2.54. The molecule has 0 N–H and O–H groups in total. The fourth-order valence-electron chi connectivity index (χ4n) is 0.169. The molecular formula is C4H2Cl2F3N. The summed E-state index contributed by atoms with van der Waals surface area (Å²) in [4.78, 5) is -2.94. The van der Waals surface area contributed by atoms with E-state index < -0.39 is 16.9 Å². The van der Waals surface area contributed by atoms with Gasteiger partial charge < -0.3 is 0 Å². The van der Waals surface area contributed by atoms with Gasteiger partial charge in [0.15, 0.2) is 0 Å². The van der Waals surface area contributed by atoms with Crippen molar-refractivity contribution in [2.45, 2.75) is 11.1 Å². The standard InChI is InChI=1S/C4H2Cl2F3N/c5-1-3(6,2-10)4(7,8)9/h1H2. The number of nitriles is 1. The monoisotopic (exact) mass is 191 g/mol. The average molecular weight is 192 g/mol. The van der Waals surface area contributed by atoms with Crippen molar-refractivity contribution in [2.75, 3.05) is 5.88 Å². The van der Waals surface area contributed by atoms with Crippen molar-refractivity contribution in [1.29, 1.82) is 5.26 Å². The molecule has 0 heterocycles. The van der Waals surface area contributed by atoms with Crippen LogP contribution in [-0.2, 0) is 0 Å². The second-order valence-corrected chi connectivity index (χ2v) is 2.46. The minimum atomic E-state index is -4.77. The van der Waals surface area contributed by atoms with E-state index in [1.807, 2.05) is 0 Å². The fraction of sp³-hybridized carbons (Fsp3) is 0.750. The van der Waals surface area contributed by atoms with Crippen molar-refractivity contribution in [3.63, 3.8) is 0 Å². The normalized spacial score (nSPS) is 17.6. The molecule has 0 fully saturated rings. The molecule has 0 bridgehead atoms. The van der Waals surface area contributed by atoms with E-state index in [0.29, 0.717) is 0 Å². The molecule has 0 aliphatic carbocycles. The summed E-state index contributed by atoms with van der Waals surface area (Å²) in [7, 11) is 0. The molecule has 0 aliphatic rings. The second kappa shape index (κ2) is 2.85. The highest BCUT2D eigenvalue weighted by Crippen LogP contribution is 2.36. The van der Waals surface area contributed by atoms with Gasteiger partial charge in [0.05, 0.1) is 11.9 Å². The fourth-order valence-corrected chi connectivity index (χ4v) is 0.380. The molecule has 0 amide bonds. The van der Waals surface area contributed by atoms with Gasteiger partial charge in [0.2, 0.25) is 4.87 Å². The first-order valence-electron chi connectivity index (χ1n) is 2.10. The summed E-state index contributed by atoms with van der Waals surface area (Å²) in [5.74, 6) is -0.964. The molecule has 10 heavy (non-hydrogen) atoms. The van der Waals surface area contributed by atoms with Crippen LogP contribution >= 0.6 is 23.2 Å². The third kappa shape index (κ3) is 1.68. The van der Waals surface area contributed by atoms with E-state index >= 15 is 0 Å².